The third kappa shape index (κ3) is 5.19. The lowest BCUT2D eigenvalue weighted by atomic mass is 10.1. The maximum Gasteiger partial charge on any atom is 0.339 e. The molecule has 1 atom stereocenters. The second-order valence-corrected chi connectivity index (χ2v) is 4.91. The number of methoxy groups -OCH3 is 1. The Kier molecular flexibility index (Phi) is 7.04. The first-order valence-corrected chi connectivity index (χ1v) is 6.73. The lowest BCUT2D eigenvalue weighted by Gasteiger charge is -2.21. The number of carboxylic acid groups (broad SMARTS) is 1. The summed E-state index contributed by atoms with van der Waals surface area (Å²) >= 11 is 0. The van der Waals surface area contributed by atoms with Gasteiger partial charge in [0.25, 0.3) is 0 Å². The van der Waals surface area contributed by atoms with Crippen LogP contribution in [0, 0.1) is 5.92 Å². The Labute approximate surface area is 119 Å². The fraction of sp³-hybridized carbons (Fsp3) is 0.533. The van der Waals surface area contributed by atoms with Crippen molar-refractivity contribution in [2.24, 2.45) is 5.92 Å². The molecule has 112 valence electrons. The van der Waals surface area contributed by atoms with Crippen LogP contribution in [0.15, 0.2) is 24.3 Å². The first-order chi connectivity index (χ1) is 9.56. The molecule has 0 aromatic heterocycles. The van der Waals surface area contributed by atoms with E-state index >= 15 is 0 Å². The molecule has 0 fully saturated rings. The van der Waals surface area contributed by atoms with Crippen LogP contribution in [0.3, 0.4) is 0 Å². The van der Waals surface area contributed by atoms with Crippen molar-refractivity contribution >= 4 is 5.97 Å². The van der Waals surface area contributed by atoms with Gasteiger partial charge in [0.2, 0.25) is 0 Å². The highest BCUT2D eigenvalue weighted by Gasteiger charge is 2.13. The fourth-order valence-electron chi connectivity index (χ4n) is 1.84. The predicted octanol–water partition coefficient (Wildman–Crippen LogP) is 2.02. The van der Waals surface area contributed by atoms with Gasteiger partial charge in [-0.15, -0.1) is 0 Å². The number of benzene rings is 1. The number of ether oxygens (including phenoxy) is 2. The van der Waals surface area contributed by atoms with E-state index in [4.69, 9.17) is 14.6 Å². The number of carbonyl (C=O) groups is 1. The fourth-order valence-corrected chi connectivity index (χ4v) is 1.84. The molecule has 1 rings (SSSR count). The zero-order chi connectivity index (χ0) is 15.0. The minimum atomic E-state index is -0.979. The van der Waals surface area contributed by atoms with E-state index in [1.54, 1.807) is 25.3 Å². The Bertz CT molecular complexity index is 420. The second-order valence-electron chi connectivity index (χ2n) is 4.91. The van der Waals surface area contributed by atoms with E-state index in [1.165, 1.54) is 6.07 Å². The summed E-state index contributed by atoms with van der Waals surface area (Å²) in [5.74, 6) is -0.121. The lowest BCUT2D eigenvalue weighted by Crippen LogP contribution is -2.39. The summed E-state index contributed by atoms with van der Waals surface area (Å²) in [6.45, 7) is 5.94. The molecule has 0 aliphatic rings. The van der Waals surface area contributed by atoms with Gasteiger partial charge in [-0.1, -0.05) is 26.0 Å². The van der Waals surface area contributed by atoms with Crippen LogP contribution in [0.2, 0.25) is 0 Å². The van der Waals surface area contributed by atoms with Crippen molar-refractivity contribution in [1.29, 1.82) is 0 Å². The molecule has 20 heavy (non-hydrogen) atoms. The predicted molar refractivity (Wildman–Crippen MR) is 77.4 cm³/mol. The SMILES string of the molecule is COCC(NCCOc1ccccc1C(=O)O)C(C)C. The normalized spacial score (nSPS) is 12.4. The van der Waals surface area contributed by atoms with Crippen molar-refractivity contribution in [1.82, 2.24) is 5.32 Å². The van der Waals surface area contributed by atoms with Crippen LogP contribution >= 0.6 is 0 Å². The molecule has 1 unspecified atom stereocenters. The number of hydrogen-bond acceptors (Lipinski definition) is 4. The molecule has 1 aromatic rings. The van der Waals surface area contributed by atoms with E-state index in [0.29, 0.717) is 31.4 Å². The zero-order valence-corrected chi connectivity index (χ0v) is 12.3. The highest BCUT2D eigenvalue weighted by Crippen LogP contribution is 2.17. The maximum absolute atomic E-state index is 11.0. The third-order valence-electron chi connectivity index (χ3n) is 3.03. The van der Waals surface area contributed by atoms with Crippen molar-refractivity contribution in [3.63, 3.8) is 0 Å². The average Bonchev–Trinajstić information content (AvgIpc) is 2.42. The standard InChI is InChI=1S/C15H23NO4/c1-11(2)13(10-19-3)16-8-9-20-14-7-5-4-6-12(14)15(17)18/h4-7,11,13,16H,8-10H2,1-3H3,(H,17,18). The Morgan fingerprint density at radius 3 is 2.65 bits per heavy atom. The molecule has 0 radical (unpaired) electrons. The van der Waals surface area contributed by atoms with Crippen molar-refractivity contribution in [3.05, 3.63) is 29.8 Å². The van der Waals surface area contributed by atoms with Gasteiger partial charge in [-0.3, -0.25) is 0 Å². The molecular formula is C15H23NO4. The van der Waals surface area contributed by atoms with Crippen LogP contribution in [-0.2, 0) is 4.74 Å². The van der Waals surface area contributed by atoms with Gasteiger partial charge in [-0.2, -0.15) is 0 Å². The summed E-state index contributed by atoms with van der Waals surface area (Å²) < 4.78 is 10.7. The molecule has 0 bridgehead atoms. The maximum atomic E-state index is 11.0. The van der Waals surface area contributed by atoms with Crippen LogP contribution in [0.1, 0.15) is 24.2 Å². The smallest absolute Gasteiger partial charge is 0.339 e. The molecule has 0 saturated heterocycles. The van der Waals surface area contributed by atoms with Gasteiger partial charge in [0.15, 0.2) is 0 Å². The van der Waals surface area contributed by atoms with Gasteiger partial charge in [0.1, 0.15) is 17.9 Å². The molecule has 0 heterocycles. The van der Waals surface area contributed by atoms with E-state index in [-0.39, 0.29) is 11.6 Å². The molecule has 0 amide bonds. The summed E-state index contributed by atoms with van der Waals surface area (Å²) in [7, 11) is 1.68. The summed E-state index contributed by atoms with van der Waals surface area (Å²) in [4.78, 5) is 11.0. The number of para-hydroxylation sites is 1. The van der Waals surface area contributed by atoms with Crippen LogP contribution in [0.4, 0.5) is 0 Å². The van der Waals surface area contributed by atoms with Gasteiger partial charge >= 0.3 is 5.97 Å². The Hall–Kier alpha value is -1.59. The molecular weight excluding hydrogens is 258 g/mol. The number of nitrogens with one attached hydrogen (secondary N) is 1. The monoisotopic (exact) mass is 281 g/mol. The van der Waals surface area contributed by atoms with E-state index in [1.807, 2.05) is 0 Å². The molecule has 1 aromatic carbocycles. The van der Waals surface area contributed by atoms with E-state index in [9.17, 15) is 4.79 Å². The molecule has 2 N–H and O–H groups in total. The van der Waals surface area contributed by atoms with E-state index in [2.05, 4.69) is 19.2 Å². The Morgan fingerprint density at radius 2 is 2.05 bits per heavy atom. The highest BCUT2D eigenvalue weighted by molar-refractivity contribution is 5.90. The van der Waals surface area contributed by atoms with Crippen LogP contribution < -0.4 is 10.1 Å². The van der Waals surface area contributed by atoms with Crippen LogP contribution in [0.5, 0.6) is 5.75 Å². The van der Waals surface area contributed by atoms with Gasteiger partial charge in [0.05, 0.1) is 6.61 Å². The average molecular weight is 281 g/mol. The first-order valence-electron chi connectivity index (χ1n) is 6.73. The minimum Gasteiger partial charge on any atom is -0.491 e. The van der Waals surface area contributed by atoms with Crippen LogP contribution in [-0.4, -0.2) is 44.0 Å². The minimum absolute atomic E-state index is 0.185. The highest BCUT2D eigenvalue weighted by atomic mass is 16.5. The van der Waals surface area contributed by atoms with Gasteiger partial charge in [-0.25, -0.2) is 4.79 Å². The van der Waals surface area contributed by atoms with Crippen LogP contribution in [0.25, 0.3) is 0 Å². The van der Waals surface area contributed by atoms with Crippen molar-refractivity contribution in [2.45, 2.75) is 19.9 Å². The van der Waals surface area contributed by atoms with Crippen molar-refractivity contribution < 1.29 is 19.4 Å². The molecule has 0 aliphatic carbocycles. The molecule has 5 heteroatoms. The van der Waals surface area contributed by atoms with Crippen molar-refractivity contribution in [2.75, 3.05) is 26.9 Å². The molecule has 0 spiro atoms. The Morgan fingerprint density at radius 1 is 1.35 bits per heavy atom. The second kappa shape index (κ2) is 8.55. The first kappa shape index (κ1) is 16.5. The largest absolute Gasteiger partial charge is 0.491 e. The van der Waals surface area contributed by atoms with Gasteiger partial charge in [0, 0.05) is 19.7 Å². The van der Waals surface area contributed by atoms with Gasteiger partial charge < -0.3 is 19.9 Å². The summed E-state index contributed by atoms with van der Waals surface area (Å²) in [5.41, 5.74) is 0.185. The number of hydrogen-bond donors (Lipinski definition) is 2. The molecule has 5 nitrogen and oxygen atoms in total. The quantitative estimate of drug-likeness (QED) is 0.678. The summed E-state index contributed by atoms with van der Waals surface area (Å²) in [5, 5.41) is 12.4. The number of carboxylic acids is 1. The topological polar surface area (TPSA) is 67.8 Å². The number of aromatic carboxylic acids is 1. The summed E-state index contributed by atoms with van der Waals surface area (Å²) in [6, 6.07) is 6.91. The third-order valence-corrected chi connectivity index (χ3v) is 3.03. The van der Waals surface area contributed by atoms with Gasteiger partial charge in [-0.05, 0) is 18.1 Å². The zero-order valence-electron chi connectivity index (χ0n) is 12.3. The van der Waals surface area contributed by atoms with E-state index < -0.39 is 5.97 Å². The lowest BCUT2D eigenvalue weighted by molar-refractivity contribution is 0.0692. The van der Waals surface area contributed by atoms with Crippen molar-refractivity contribution in [3.8, 4) is 5.75 Å². The Balaban J connectivity index is 2.43. The summed E-state index contributed by atoms with van der Waals surface area (Å²) in [6.07, 6.45) is 0. The van der Waals surface area contributed by atoms with E-state index in [0.717, 1.165) is 0 Å². The molecule has 0 saturated carbocycles. The number of rotatable bonds is 9. The molecule has 0 aliphatic heterocycles.